The standard InChI is InChI=1S/C22H21NO4/c1-15(17-12-7-9-16-8-3-4-10-18(16)17)23-21(24)14-27-22(25)19-11-5-6-13-20(19)26-2/h3-13,15H,14H2,1-2H3,(H,23,24)/t15-/m0/s1. The van der Waals surface area contributed by atoms with Gasteiger partial charge in [0, 0.05) is 0 Å². The maximum Gasteiger partial charge on any atom is 0.342 e. The molecular weight excluding hydrogens is 342 g/mol. The molecule has 0 unspecified atom stereocenters. The molecular formula is C22H21NO4. The van der Waals surface area contributed by atoms with Gasteiger partial charge in [-0.15, -0.1) is 0 Å². The van der Waals surface area contributed by atoms with Crippen LogP contribution in [0.5, 0.6) is 5.75 Å². The molecule has 0 saturated carbocycles. The number of esters is 1. The van der Waals surface area contributed by atoms with Crippen molar-refractivity contribution in [2.75, 3.05) is 13.7 Å². The van der Waals surface area contributed by atoms with Gasteiger partial charge >= 0.3 is 5.97 Å². The lowest BCUT2D eigenvalue weighted by Crippen LogP contribution is -2.31. The van der Waals surface area contributed by atoms with Crippen LogP contribution in [0.1, 0.15) is 28.9 Å². The minimum Gasteiger partial charge on any atom is -0.496 e. The van der Waals surface area contributed by atoms with Gasteiger partial charge in [0.25, 0.3) is 5.91 Å². The summed E-state index contributed by atoms with van der Waals surface area (Å²) in [6.45, 7) is 1.55. The van der Waals surface area contributed by atoms with Crippen molar-refractivity contribution >= 4 is 22.6 Å². The van der Waals surface area contributed by atoms with Gasteiger partial charge in [-0.25, -0.2) is 4.79 Å². The fraction of sp³-hybridized carbons (Fsp3) is 0.182. The third-order valence-electron chi connectivity index (χ3n) is 4.33. The number of ether oxygens (including phenoxy) is 2. The molecule has 0 saturated heterocycles. The van der Waals surface area contributed by atoms with Crippen molar-refractivity contribution in [1.29, 1.82) is 0 Å². The second-order valence-corrected chi connectivity index (χ2v) is 6.13. The molecule has 1 N–H and O–H groups in total. The van der Waals surface area contributed by atoms with E-state index in [0.717, 1.165) is 16.3 Å². The van der Waals surface area contributed by atoms with Gasteiger partial charge in [-0.2, -0.15) is 0 Å². The first kappa shape index (κ1) is 18.5. The fourth-order valence-corrected chi connectivity index (χ4v) is 3.01. The number of benzene rings is 3. The van der Waals surface area contributed by atoms with Gasteiger partial charge in [-0.1, -0.05) is 54.6 Å². The average Bonchev–Trinajstić information content (AvgIpc) is 2.71. The number of methoxy groups -OCH3 is 1. The largest absolute Gasteiger partial charge is 0.496 e. The number of hydrogen-bond donors (Lipinski definition) is 1. The van der Waals surface area contributed by atoms with E-state index in [-0.39, 0.29) is 24.1 Å². The molecule has 5 heteroatoms. The first-order valence-corrected chi connectivity index (χ1v) is 8.67. The third kappa shape index (κ3) is 4.26. The molecule has 5 nitrogen and oxygen atoms in total. The molecule has 0 aliphatic carbocycles. The van der Waals surface area contributed by atoms with Crippen LogP contribution in [0, 0.1) is 0 Å². The molecule has 1 atom stereocenters. The number of para-hydroxylation sites is 1. The Morgan fingerprint density at radius 2 is 1.67 bits per heavy atom. The van der Waals surface area contributed by atoms with Crippen molar-refractivity contribution in [1.82, 2.24) is 5.32 Å². The highest BCUT2D eigenvalue weighted by Crippen LogP contribution is 2.24. The zero-order valence-electron chi connectivity index (χ0n) is 15.3. The van der Waals surface area contributed by atoms with Crippen molar-refractivity contribution in [3.8, 4) is 5.75 Å². The Hall–Kier alpha value is -3.34. The Morgan fingerprint density at radius 1 is 0.963 bits per heavy atom. The normalized spacial score (nSPS) is 11.6. The van der Waals surface area contributed by atoms with Crippen LogP contribution in [0.3, 0.4) is 0 Å². The summed E-state index contributed by atoms with van der Waals surface area (Å²) < 4.78 is 10.3. The molecule has 0 bridgehead atoms. The predicted octanol–water partition coefficient (Wildman–Crippen LogP) is 3.88. The molecule has 1 amide bonds. The topological polar surface area (TPSA) is 64.6 Å². The van der Waals surface area contributed by atoms with Crippen molar-refractivity contribution in [2.45, 2.75) is 13.0 Å². The van der Waals surface area contributed by atoms with Gasteiger partial charge < -0.3 is 14.8 Å². The quantitative estimate of drug-likeness (QED) is 0.675. The maximum absolute atomic E-state index is 12.2. The Morgan fingerprint density at radius 3 is 2.48 bits per heavy atom. The minimum absolute atomic E-state index is 0.214. The van der Waals surface area contributed by atoms with Crippen LogP contribution in [-0.2, 0) is 9.53 Å². The smallest absolute Gasteiger partial charge is 0.342 e. The highest BCUT2D eigenvalue weighted by Gasteiger charge is 2.16. The predicted molar refractivity (Wildman–Crippen MR) is 104 cm³/mol. The van der Waals surface area contributed by atoms with Crippen LogP contribution >= 0.6 is 0 Å². The Bertz CT molecular complexity index is 962. The number of fused-ring (bicyclic) bond motifs is 1. The first-order chi connectivity index (χ1) is 13.1. The lowest BCUT2D eigenvalue weighted by molar-refractivity contribution is -0.124. The van der Waals surface area contributed by atoms with Gasteiger partial charge in [0.1, 0.15) is 11.3 Å². The summed E-state index contributed by atoms with van der Waals surface area (Å²) >= 11 is 0. The van der Waals surface area contributed by atoms with E-state index >= 15 is 0 Å². The number of carbonyl (C=O) groups excluding carboxylic acids is 2. The van der Waals surface area contributed by atoms with Crippen molar-refractivity contribution in [2.24, 2.45) is 0 Å². The van der Waals surface area contributed by atoms with E-state index in [0.29, 0.717) is 5.75 Å². The second-order valence-electron chi connectivity index (χ2n) is 6.13. The Kier molecular flexibility index (Phi) is 5.71. The monoisotopic (exact) mass is 363 g/mol. The molecule has 0 heterocycles. The molecule has 3 aromatic carbocycles. The van der Waals surface area contributed by atoms with E-state index < -0.39 is 5.97 Å². The van der Waals surface area contributed by atoms with Crippen LogP contribution in [0.25, 0.3) is 10.8 Å². The number of carbonyl (C=O) groups is 2. The van der Waals surface area contributed by atoms with E-state index in [4.69, 9.17) is 9.47 Å². The zero-order chi connectivity index (χ0) is 19.2. The van der Waals surface area contributed by atoms with Gasteiger partial charge in [0.15, 0.2) is 6.61 Å². The zero-order valence-corrected chi connectivity index (χ0v) is 15.3. The fourth-order valence-electron chi connectivity index (χ4n) is 3.01. The van der Waals surface area contributed by atoms with Gasteiger partial charge in [-0.05, 0) is 35.4 Å². The van der Waals surface area contributed by atoms with Gasteiger partial charge in [-0.3, -0.25) is 4.79 Å². The molecule has 0 radical (unpaired) electrons. The summed E-state index contributed by atoms with van der Waals surface area (Å²) in [5, 5.41) is 5.07. The molecule has 0 aliphatic heterocycles. The lowest BCUT2D eigenvalue weighted by atomic mass is 10.00. The van der Waals surface area contributed by atoms with Crippen LogP contribution in [-0.4, -0.2) is 25.6 Å². The molecule has 3 aromatic rings. The SMILES string of the molecule is COc1ccccc1C(=O)OCC(=O)N[C@@H](C)c1cccc2ccccc12. The molecule has 3 rings (SSSR count). The molecule has 27 heavy (non-hydrogen) atoms. The van der Waals surface area contributed by atoms with E-state index in [2.05, 4.69) is 5.32 Å². The summed E-state index contributed by atoms with van der Waals surface area (Å²) in [7, 11) is 1.48. The van der Waals surface area contributed by atoms with E-state index in [9.17, 15) is 9.59 Å². The maximum atomic E-state index is 12.2. The second kappa shape index (κ2) is 8.36. The third-order valence-corrected chi connectivity index (χ3v) is 4.33. The number of amides is 1. The van der Waals surface area contributed by atoms with Gasteiger partial charge in [0.2, 0.25) is 0 Å². The van der Waals surface area contributed by atoms with Crippen molar-refractivity contribution in [3.63, 3.8) is 0 Å². The minimum atomic E-state index is -0.597. The van der Waals surface area contributed by atoms with Crippen LogP contribution in [0.15, 0.2) is 66.7 Å². The van der Waals surface area contributed by atoms with Crippen LogP contribution in [0.4, 0.5) is 0 Å². The number of rotatable bonds is 6. The average molecular weight is 363 g/mol. The van der Waals surface area contributed by atoms with Gasteiger partial charge in [0.05, 0.1) is 13.2 Å². The molecule has 138 valence electrons. The summed E-state index contributed by atoms with van der Waals surface area (Å²) in [6, 6.07) is 20.5. The number of nitrogens with one attached hydrogen (secondary N) is 1. The Labute approximate surface area is 157 Å². The van der Waals surface area contributed by atoms with Crippen molar-refractivity contribution < 1.29 is 19.1 Å². The molecule has 0 fully saturated rings. The summed E-state index contributed by atoms with van der Waals surface area (Å²) in [5.74, 6) is -0.550. The van der Waals surface area contributed by atoms with Crippen molar-refractivity contribution in [3.05, 3.63) is 77.9 Å². The summed E-state index contributed by atoms with van der Waals surface area (Å²) in [6.07, 6.45) is 0. The highest BCUT2D eigenvalue weighted by atomic mass is 16.5. The van der Waals surface area contributed by atoms with Crippen LogP contribution < -0.4 is 10.1 Å². The first-order valence-electron chi connectivity index (χ1n) is 8.67. The van der Waals surface area contributed by atoms with E-state index in [1.54, 1.807) is 24.3 Å². The lowest BCUT2D eigenvalue weighted by Gasteiger charge is -2.17. The number of hydrogen-bond acceptors (Lipinski definition) is 4. The van der Waals surface area contributed by atoms with E-state index in [1.165, 1.54) is 7.11 Å². The van der Waals surface area contributed by atoms with E-state index in [1.807, 2.05) is 49.4 Å². The van der Waals surface area contributed by atoms with Crippen LogP contribution in [0.2, 0.25) is 0 Å². The molecule has 0 aliphatic rings. The molecule has 0 aromatic heterocycles. The highest BCUT2D eigenvalue weighted by molar-refractivity contribution is 5.94. The Balaban J connectivity index is 1.63. The molecule has 0 spiro atoms. The summed E-state index contributed by atoms with van der Waals surface area (Å²) in [5.41, 5.74) is 1.30. The summed E-state index contributed by atoms with van der Waals surface area (Å²) in [4.78, 5) is 24.4.